The fourth-order valence-electron chi connectivity index (χ4n) is 2.12. The molecule has 0 saturated heterocycles. The molecule has 2 aromatic carbocycles. The van der Waals surface area contributed by atoms with Gasteiger partial charge in [-0.3, -0.25) is 4.57 Å². The van der Waals surface area contributed by atoms with E-state index in [-0.39, 0.29) is 16.6 Å². The zero-order chi connectivity index (χ0) is 14.3. The van der Waals surface area contributed by atoms with Crippen molar-refractivity contribution in [3.05, 3.63) is 58.9 Å². The molecular weight excluding hydrogens is 305 g/mol. The Kier molecular flexibility index (Phi) is 3.36. The average molecular weight is 313 g/mol. The van der Waals surface area contributed by atoms with E-state index in [4.69, 9.17) is 23.2 Å². The molecule has 3 rings (SSSR count). The minimum atomic E-state index is -0.521. The van der Waals surface area contributed by atoms with Crippen LogP contribution in [0.15, 0.2) is 36.4 Å². The van der Waals surface area contributed by atoms with E-state index in [9.17, 15) is 8.78 Å². The molecule has 0 radical (unpaired) electrons. The first kappa shape index (κ1) is 13.3. The van der Waals surface area contributed by atoms with E-state index in [1.165, 1.54) is 34.9 Å². The molecule has 102 valence electrons. The van der Waals surface area contributed by atoms with E-state index in [1.54, 1.807) is 6.07 Å². The average Bonchev–Trinajstić information content (AvgIpc) is 2.76. The lowest BCUT2D eigenvalue weighted by atomic mass is 10.2. The monoisotopic (exact) mass is 312 g/mol. The van der Waals surface area contributed by atoms with Crippen LogP contribution >= 0.6 is 23.2 Å². The number of imidazole rings is 1. The van der Waals surface area contributed by atoms with Crippen LogP contribution in [0.4, 0.5) is 8.78 Å². The van der Waals surface area contributed by atoms with Gasteiger partial charge < -0.3 is 0 Å². The second-order valence-electron chi connectivity index (χ2n) is 4.23. The standard InChI is InChI=1S/C14H8Cl2F2N2/c15-7-14-19-11-3-2-9(17)6-13(11)20(14)12-4-1-8(16)5-10(12)18/h1-6H,7H2. The van der Waals surface area contributed by atoms with Gasteiger partial charge in [-0.2, -0.15) is 0 Å². The number of rotatable bonds is 2. The van der Waals surface area contributed by atoms with E-state index in [1.807, 2.05) is 0 Å². The number of hydrogen-bond donors (Lipinski definition) is 0. The van der Waals surface area contributed by atoms with Crippen LogP contribution in [0.25, 0.3) is 16.7 Å². The van der Waals surface area contributed by atoms with Crippen molar-refractivity contribution in [1.29, 1.82) is 0 Å². The Morgan fingerprint density at radius 3 is 2.60 bits per heavy atom. The van der Waals surface area contributed by atoms with Gasteiger partial charge in [-0.15, -0.1) is 11.6 Å². The van der Waals surface area contributed by atoms with Gasteiger partial charge in [0.25, 0.3) is 0 Å². The summed E-state index contributed by atoms with van der Waals surface area (Å²) in [6, 6.07) is 8.40. The van der Waals surface area contributed by atoms with Gasteiger partial charge in [-0.25, -0.2) is 13.8 Å². The lowest BCUT2D eigenvalue weighted by Crippen LogP contribution is -2.02. The van der Waals surface area contributed by atoms with Crippen molar-refractivity contribution in [3.63, 3.8) is 0 Å². The predicted octanol–water partition coefficient (Wildman–Crippen LogP) is 4.70. The molecule has 0 bridgehead atoms. The van der Waals surface area contributed by atoms with Crippen molar-refractivity contribution in [2.75, 3.05) is 0 Å². The Bertz CT molecular complexity index is 799. The maximum Gasteiger partial charge on any atom is 0.148 e. The summed E-state index contributed by atoms with van der Waals surface area (Å²) in [5.41, 5.74) is 1.25. The van der Waals surface area contributed by atoms with E-state index < -0.39 is 11.6 Å². The smallest absolute Gasteiger partial charge is 0.148 e. The highest BCUT2D eigenvalue weighted by molar-refractivity contribution is 6.30. The molecule has 0 aliphatic heterocycles. The van der Waals surface area contributed by atoms with Crippen LogP contribution in [0.5, 0.6) is 0 Å². The summed E-state index contributed by atoms with van der Waals surface area (Å²) in [7, 11) is 0. The summed E-state index contributed by atoms with van der Waals surface area (Å²) < 4.78 is 29.0. The van der Waals surface area contributed by atoms with Crippen molar-refractivity contribution >= 4 is 34.2 Å². The molecule has 0 aliphatic rings. The number of alkyl halides is 1. The Labute approximate surface area is 123 Å². The topological polar surface area (TPSA) is 17.8 Å². The molecule has 0 amide bonds. The normalized spacial score (nSPS) is 11.2. The third-order valence-corrected chi connectivity index (χ3v) is 3.43. The molecule has 0 fully saturated rings. The van der Waals surface area contributed by atoms with Crippen LogP contribution in [0.3, 0.4) is 0 Å². The highest BCUT2D eigenvalue weighted by atomic mass is 35.5. The third kappa shape index (κ3) is 2.15. The molecule has 0 N–H and O–H groups in total. The van der Waals surface area contributed by atoms with Gasteiger partial charge in [0.2, 0.25) is 0 Å². The van der Waals surface area contributed by atoms with Crippen molar-refractivity contribution in [3.8, 4) is 5.69 Å². The van der Waals surface area contributed by atoms with Crippen molar-refractivity contribution in [2.45, 2.75) is 5.88 Å². The van der Waals surface area contributed by atoms with E-state index in [0.29, 0.717) is 16.9 Å². The summed E-state index contributed by atoms with van der Waals surface area (Å²) in [6.45, 7) is 0. The molecule has 0 atom stereocenters. The van der Waals surface area contributed by atoms with Gasteiger partial charge in [0, 0.05) is 11.1 Å². The fourth-order valence-corrected chi connectivity index (χ4v) is 2.46. The molecule has 1 heterocycles. The molecule has 0 aliphatic carbocycles. The molecule has 6 heteroatoms. The highest BCUT2D eigenvalue weighted by Crippen LogP contribution is 2.26. The maximum atomic E-state index is 14.1. The Morgan fingerprint density at radius 1 is 1.10 bits per heavy atom. The van der Waals surface area contributed by atoms with Crippen LogP contribution in [0, 0.1) is 11.6 Å². The predicted molar refractivity (Wildman–Crippen MR) is 75.6 cm³/mol. The van der Waals surface area contributed by atoms with Gasteiger partial charge in [-0.05, 0) is 30.3 Å². The van der Waals surface area contributed by atoms with Gasteiger partial charge >= 0.3 is 0 Å². The minimum absolute atomic E-state index is 0.0817. The molecule has 0 spiro atoms. The molecule has 3 aromatic rings. The maximum absolute atomic E-state index is 14.1. The lowest BCUT2D eigenvalue weighted by Gasteiger charge is -2.09. The van der Waals surface area contributed by atoms with E-state index in [0.717, 1.165) is 0 Å². The fraction of sp³-hybridized carbons (Fsp3) is 0.0714. The number of hydrogen-bond acceptors (Lipinski definition) is 1. The van der Waals surface area contributed by atoms with Crippen LogP contribution in [-0.2, 0) is 5.88 Å². The Morgan fingerprint density at radius 2 is 1.90 bits per heavy atom. The quantitative estimate of drug-likeness (QED) is 0.627. The second-order valence-corrected chi connectivity index (χ2v) is 4.93. The number of nitrogens with zero attached hydrogens (tertiary/aromatic N) is 2. The lowest BCUT2D eigenvalue weighted by molar-refractivity contribution is 0.616. The molecule has 0 unspecified atom stereocenters. The first-order valence-corrected chi connectivity index (χ1v) is 6.69. The number of benzene rings is 2. The molecule has 2 nitrogen and oxygen atoms in total. The first-order chi connectivity index (χ1) is 9.60. The largest absolute Gasteiger partial charge is 0.292 e. The summed E-state index contributed by atoms with van der Waals surface area (Å²) in [5, 5.41) is 0.286. The molecule has 0 saturated carbocycles. The van der Waals surface area contributed by atoms with Crippen molar-refractivity contribution < 1.29 is 8.78 Å². The summed E-state index contributed by atoms with van der Waals surface area (Å²) in [6.07, 6.45) is 0. The van der Waals surface area contributed by atoms with Crippen molar-refractivity contribution in [1.82, 2.24) is 9.55 Å². The van der Waals surface area contributed by atoms with Gasteiger partial charge in [0.05, 0.1) is 22.6 Å². The van der Waals surface area contributed by atoms with E-state index >= 15 is 0 Å². The SMILES string of the molecule is Fc1ccc2nc(CCl)n(-c3ccc(Cl)cc3F)c2c1. The van der Waals surface area contributed by atoms with Gasteiger partial charge in [0.15, 0.2) is 0 Å². The number of aromatic nitrogens is 2. The highest BCUT2D eigenvalue weighted by Gasteiger charge is 2.15. The summed E-state index contributed by atoms with van der Waals surface area (Å²) in [5.74, 6) is -0.423. The molecule has 1 aromatic heterocycles. The zero-order valence-corrected chi connectivity index (χ0v) is 11.6. The zero-order valence-electron chi connectivity index (χ0n) is 10.1. The van der Waals surface area contributed by atoms with E-state index in [2.05, 4.69) is 4.98 Å². The summed E-state index contributed by atoms with van der Waals surface area (Å²) >= 11 is 11.6. The Balaban J connectivity index is 2.36. The minimum Gasteiger partial charge on any atom is -0.292 e. The van der Waals surface area contributed by atoms with Gasteiger partial charge in [0.1, 0.15) is 17.5 Å². The first-order valence-electron chi connectivity index (χ1n) is 5.78. The molecule has 20 heavy (non-hydrogen) atoms. The Hall–Kier alpha value is -1.65. The molecular formula is C14H8Cl2F2N2. The van der Waals surface area contributed by atoms with Crippen molar-refractivity contribution in [2.24, 2.45) is 0 Å². The number of halogens is 4. The number of fused-ring (bicyclic) bond motifs is 1. The van der Waals surface area contributed by atoms with Gasteiger partial charge in [-0.1, -0.05) is 11.6 Å². The summed E-state index contributed by atoms with van der Waals surface area (Å²) in [4.78, 5) is 4.28. The van der Waals surface area contributed by atoms with Crippen LogP contribution in [0.1, 0.15) is 5.82 Å². The van der Waals surface area contributed by atoms with Crippen LogP contribution in [-0.4, -0.2) is 9.55 Å². The second kappa shape index (κ2) is 5.04. The third-order valence-electron chi connectivity index (χ3n) is 2.96. The van der Waals surface area contributed by atoms with Crippen LogP contribution in [0.2, 0.25) is 5.02 Å². The van der Waals surface area contributed by atoms with Crippen LogP contribution < -0.4 is 0 Å².